The number of carbonyl (C=O) groups is 1. The van der Waals surface area contributed by atoms with Crippen LogP contribution in [0.4, 0.5) is 5.69 Å². The summed E-state index contributed by atoms with van der Waals surface area (Å²) < 4.78 is 4.96. The second kappa shape index (κ2) is 7.43. The number of nitrogen functional groups attached to an aromatic ring is 1. The molecule has 1 amide bonds. The third-order valence-corrected chi connectivity index (χ3v) is 3.81. The van der Waals surface area contributed by atoms with Gasteiger partial charge in [-0.15, -0.1) is 0 Å². The van der Waals surface area contributed by atoms with Gasteiger partial charge in [0.15, 0.2) is 0 Å². The average molecular weight is 291 g/mol. The Morgan fingerprint density at radius 1 is 1.52 bits per heavy atom. The van der Waals surface area contributed by atoms with Crippen LogP contribution in [0.1, 0.15) is 25.3 Å². The van der Waals surface area contributed by atoms with Crippen molar-refractivity contribution in [2.45, 2.75) is 38.4 Å². The van der Waals surface area contributed by atoms with Crippen LogP contribution in [0.2, 0.25) is 0 Å². The third kappa shape index (κ3) is 4.72. The highest BCUT2D eigenvalue weighted by Crippen LogP contribution is 2.30. The summed E-state index contributed by atoms with van der Waals surface area (Å²) >= 11 is 0. The SMILES string of the molecule is COCCNC(=O)C(C)N(Cc1cccc(N)c1)C1CC1. The monoisotopic (exact) mass is 291 g/mol. The fourth-order valence-electron chi connectivity index (χ4n) is 2.47. The number of ether oxygens (including phenoxy) is 1. The molecule has 21 heavy (non-hydrogen) atoms. The first-order valence-corrected chi connectivity index (χ1v) is 7.48. The van der Waals surface area contributed by atoms with Crippen LogP contribution >= 0.6 is 0 Å². The minimum atomic E-state index is -0.143. The number of anilines is 1. The van der Waals surface area contributed by atoms with E-state index in [4.69, 9.17) is 10.5 Å². The minimum Gasteiger partial charge on any atom is -0.399 e. The number of nitrogens with one attached hydrogen (secondary N) is 1. The van der Waals surface area contributed by atoms with E-state index in [1.54, 1.807) is 7.11 Å². The van der Waals surface area contributed by atoms with Gasteiger partial charge >= 0.3 is 0 Å². The highest BCUT2D eigenvalue weighted by Gasteiger charge is 2.34. The predicted octanol–water partition coefficient (Wildman–Crippen LogP) is 1.38. The van der Waals surface area contributed by atoms with Crippen molar-refractivity contribution in [2.24, 2.45) is 0 Å². The quantitative estimate of drug-likeness (QED) is 0.561. The molecular weight excluding hydrogens is 266 g/mol. The fraction of sp³-hybridized carbons (Fsp3) is 0.562. The van der Waals surface area contributed by atoms with Gasteiger partial charge in [-0.3, -0.25) is 9.69 Å². The van der Waals surface area contributed by atoms with E-state index >= 15 is 0 Å². The molecule has 1 fully saturated rings. The topological polar surface area (TPSA) is 67.6 Å². The zero-order chi connectivity index (χ0) is 15.2. The molecule has 2 rings (SSSR count). The van der Waals surface area contributed by atoms with Crippen molar-refractivity contribution >= 4 is 11.6 Å². The molecule has 1 saturated carbocycles. The maximum atomic E-state index is 12.2. The summed E-state index contributed by atoms with van der Waals surface area (Å²) in [4.78, 5) is 14.5. The zero-order valence-electron chi connectivity index (χ0n) is 12.8. The third-order valence-electron chi connectivity index (χ3n) is 3.81. The lowest BCUT2D eigenvalue weighted by Gasteiger charge is -2.28. The number of amides is 1. The van der Waals surface area contributed by atoms with Crippen LogP contribution in [0.25, 0.3) is 0 Å². The summed E-state index contributed by atoms with van der Waals surface area (Å²) in [5.74, 6) is 0.0582. The lowest BCUT2D eigenvalue weighted by Crippen LogP contribution is -2.46. The van der Waals surface area contributed by atoms with Gasteiger partial charge in [-0.05, 0) is 37.5 Å². The second-order valence-corrected chi connectivity index (χ2v) is 5.61. The highest BCUT2D eigenvalue weighted by atomic mass is 16.5. The molecule has 5 heteroatoms. The van der Waals surface area contributed by atoms with Crippen LogP contribution in [0, 0.1) is 0 Å². The molecule has 1 aliphatic rings. The van der Waals surface area contributed by atoms with Crippen molar-refractivity contribution in [3.63, 3.8) is 0 Å². The van der Waals surface area contributed by atoms with Gasteiger partial charge < -0.3 is 15.8 Å². The van der Waals surface area contributed by atoms with Gasteiger partial charge in [-0.1, -0.05) is 12.1 Å². The summed E-state index contributed by atoms with van der Waals surface area (Å²) in [5.41, 5.74) is 7.75. The Hall–Kier alpha value is -1.59. The molecule has 3 N–H and O–H groups in total. The van der Waals surface area contributed by atoms with E-state index in [1.165, 1.54) is 0 Å². The highest BCUT2D eigenvalue weighted by molar-refractivity contribution is 5.81. The van der Waals surface area contributed by atoms with Gasteiger partial charge in [0.1, 0.15) is 0 Å². The molecular formula is C16H25N3O2. The summed E-state index contributed by atoms with van der Waals surface area (Å²) in [6.45, 7) is 3.81. The molecule has 5 nitrogen and oxygen atoms in total. The lowest BCUT2D eigenvalue weighted by molar-refractivity contribution is -0.126. The Kier molecular flexibility index (Phi) is 5.59. The van der Waals surface area contributed by atoms with E-state index < -0.39 is 0 Å². The minimum absolute atomic E-state index is 0.0582. The number of nitrogens with two attached hydrogens (primary N) is 1. The Bertz CT molecular complexity index is 474. The molecule has 0 heterocycles. The van der Waals surface area contributed by atoms with E-state index in [1.807, 2.05) is 25.1 Å². The Labute approximate surface area is 126 Å². The number of hydrogen-bond donors (Lipinski definition) is 2. The van der Waals surface area contributed by atoms with E-state index in [0.717, 1.165) is 30.6 Å². The number of rotatable bonds is 8. The molecule has 1 aromatic rings. The summed E-state index contributed by atoms with van der Waals surface area (Å²) in [7, 11) is 1.63. The fourth-order valence-corrected chi connectivity index (χ4v) is 2.47. The van der Waals surface area contributed by atoms with Crippen LogP contribution in [0.15, 0.2) is 24.3 Å². The normalized spacial score (nSPS) is 16.0. The zero-order valence-corrected chi connectivity index (χ0v) is 12.8. The smallest absolute Gasteiger partial charge is 0.237 e. The first-order chi connectivity index (χ1) is 10.1. The van der Waals surface area contributed by atoms with Crippen molar-refractivity contribution in [3.8, 4) is 0 Å². The molecule has 0 aromatic heterocycles. The van der Waals surface area contributed by atoms with Crippen LogP contribution in [0.5, 0.6) is 0 Å². The number of hydrogen-bond acceptors (Lipinski definition) is 4. The number of carbonyl (C=O) groups excluding carboxylic acids is 1. The van der Waals surface area contributed by atoms with Gasteiger partial charge in [-0.2, -0.15) is 0 Å². The largest absolute Gasteiger partial charge is 0.399 e. The molecule has 0 aliphatic heterocycles. The standard InChI is InChI=1S/C16H25N3O2/c1-12(16(20)18-8-9-21-2)19(15-6-7-15)11-13-4-3-5-14(17)10-13/h3-5,10,12,15H,6-9,11,17H2,1-2H3,(H,18,20). The summed E-state index contributed by atoms with van der Waals surface area (Å²) in [6.07, 6.45) is 2.33. The number of methoxy groups -OCH3 is 1. The molecule has 0 saturated heterocycles. The van der Waals surface area contributed by atoms with E-state index in [0.29, 0.717) is 19.2 Å². The molecule has 0 bridgehead atoms. The average Bonchev–Trinajstić information content (AvgIpc) is 3.29. The second-order valence-electron chi connectivity index (χ2n) is 5.61. The molecule has 116 valence electrons. The lowest BCUT2D eigenvalue weighted by atomic mass is 10.1. The number of benzene rings is 1. The van der Waals surface area contributed by atoms with Crippen LogP contribution in [0.3, 0.4) is 0 Å². The summed E-state index contributed by atoms with van der Waals surface area (Å²) in [6, 6.07) is 8.24. The van der Waals surface area contributed by atoms with Gasteiger partial charge in [0.25, 0.3) is 0 Å². The van der Waals surface area contributed by atoms with E-state index in [2.05, 4.69) is 16.3 Å². The number of nitrogens with zero attached hydrogens (tertiary/aromatic N) is 1. The predicted molar refractivity (Wildman–Crippen MR) is 83.8 cm³/mol. The Morgan fingerprint density at radius 3 is 2.90 bits per heavy atom. The maximum absolute atomic E-state index is 12.2. The Balaban J connectivity index is 1.96. The van der Waals surface area contributed by atoms with Gasteiger partial charge in [0.05, 0.1) is 12.6 Å². The molecule has 1 aliphatic carbocycles. The van der Waals surface area contributed by atoms with Gasteiger partial charge in [0, 0.05) is 31.9 Å². The van der Waals surface area contributed by atoms with Crippen molar-refractivity contribution in [2.75, 3.05) is 26.0 Å². The maximum Gasteiger partial charge on any atom is 0.237 e. The molecule has 0 radical (unpaired) electrons. The van der Waals surface area contributed by atoms with Crippen molar-refractivity contribution < 1.29 is 9.53 Å². The Morgan fingerprint density at radius 2 is 2.29 bits per heavy atom. The van der Waals surface area contributed by atoms with Crippen molar-refractivity contribution in [1.82, 2.24) is 10.2 Å². The van der Waals surface area contributed by atoms with Crippen LogP contribution in [-0.4, -0.2) is 43.2 Å². The first kappa shape index (κ1) is 15.8. The molecule has 1 unspecified atom stereocenters. The summed E-state index contributed by atoms with van der Waals surface area (Å²) in [5, 5.41) is 2.91. The molecule has 0 spiro atoms. The molecule has 1 aromatic carbocycles. The van der Waals surface area contributed by atoms with Crippen molar-refractivity contribution in [3.05, 3.63) is 29.8 Å². The molecule has 1 atom stereocenters. The van der Waals surface area contributed by atoms with Gasteiger partial charge in [0.2, 0.25) is 5.91 Å². The first-order valence-electron chi connectivity index (χ1n) is 7.48. The van der Waals surface area contributed by atoms with E-state index in [9.17, 15) is 4.79 Å². The van der Waals surface area contributed by atoms with Gasteiger partial charge in [-0.25, -0.2) is 0 Å². The van der Waals surface area contributed by atoms with Crippen molar-refractivity contribution in [1.29, 1.82) is 0 Å². The van der Waals surface area contributed by atoms with E-state index in [-0.39, 0.29) is 11.9 Å². The van der Waals surface area contributed by atoms with Crippen LogP contribution in [-0.2, 0) is 16.1 Å². The van der Waals surface area contributed by atoms with Crippen LogP contribution < -0.4 is 11.1 Å².